The minimum Gasteiger partial charge on any atom is -0.486 e. The van der Waals surface area contributed by atoms with Crippen LogP contribution in [0.5, 0.6) is 11.5 Å². The summed E-state index contributed by atoms with van der Waals surface area (Å²) in [5, 5.41) is 2.46. The minimum atomic E-state index is -3.89. The van der Waals surface area contributed by atoms with Crippen LogP contribution >= 0.6 is 0 Å². The highest BCUT2D eigenvalue weighted by Crippen LogP contribution is 2.34. The van der Waals surface area contributed by atoms with Gasteiger partial charge in [-0.1, -0.05) is 18.2 Å². The number of nitrogens with zero attached hydrogens (tertiary/aromatic N) is 2. The molecule has 2 aromatic rings. The topological polar surface area (TPSA) is 105 Å². The normalized spacial score (nSPS) is 13.7. The molecule has 0 saturated heterocycles. The molecule has 0 bridgehead atoms. The molecule has 0 saturated carbocycles. The molecule has 1 N–H and O–H groups in total. The van der Waals surface area contributed by atoms with E-state index in [-0.39, 0.29) is 17.8 Å². The van der Waals surface area contributed by atoms with Gasteiger partial charge in [0.1, 0.15) is 31.6 Å². The Balaban J connectivity index is 1.93. The molecule has 2 amide bonds. The van der Waals surface area contributed by atoms with Gasteiger partial charge >= 0.3 is 0 Å². The largest absolute Gasteiger partial charge is 0.486 e. The number of carbonyl (C=O) groups is 2. The Bertz CT molecular complexity index is 1140. The molecule has 33 heavy (non-hydrogen) atoms. The smallest absolute Gasteiger partial charge is 0.244 e. The van der Waals surface area contributed by atoms with Gasteiger partial charge in [-0.3, -0.25) is 13.9 Å². The first kappa shape index (κ1) is 24.3. The van der Waals surface area contributed by atoms with Gasteiger partial charge in [-0.25, -0.2) is 12.8 Å². The Morgan fingerprint density at radius 2 is 1.79 bits per heavy atom. The number of carbonyl (C=O) groups excluding carboxylic acids is 2. The number of nitrogens with one attached hydrogen (secondary N) is 1. The highest BCUT2D eigenvalue weighted by Gasteiger charge is 2.30. The number of likely N-dealkylation sites (N-methyl/N-ethyl adjacent to an activating group) is 1. The van der Waals surface area contributed by atoms with Crippen molar-refractivity contribution in [1.29, 1.82) is 0 Å². The number of sulfonamides is 1. The number of amides is 2. The first-order valence-electron chi connectivity index (χ1n) is 10.2. The van der Waals surface area contributed by atoms with E-state index in [1.54, 1.807) is 12.1 Å². The molecule has 0 spiro atoms. The molecule has 1 aliphatic heterocycles. The van der Waals surface area contributed by atoms with Crippen LogP contribution in [0, 0.1) is 5.82 Å². The molecule has 2 aromatic carbocycles. The van der Waals surface area contributed by atoms with Crippen LogP contribution in [0.3, 0.4) is 0 Å². The lowest BCUT2D eigenvalue weighted by atomic mass is 10.1. The van der Waals surface area contributed by atoms with Crippen LogP contribution in [0.1, 0.15) is 12.5 Å². The van der Waals surface area contributed by atoms with Gasteiger partial charge in [0.2, 0.25) is 21.8 Å². The first-order chi connectivity index (χ1) is 15.6. The van der Waals surface area contributed by atoms with Crippen molar-refractivity contribution in [2.45, 2.75) is 19.5 Å². The minimum absolute atomic E-state index is 0.201. The number of hydrogen-bond donors (Lipinski definition) is 1. The van der Waals surface area contributed by atoms with Crippen LogP contribution in [0.2, 0.25) is 0 Å². The number of hydrogen-bond acceptors (Lipinski definition) is 6. The monoisotopic (exact) mass is 479 g/mol. The molecule has 11 heteroatoms. The van der Waals surface area contributed by atoms with E-state index in [0.29, 0.717) is 24.7 Å². The maximum Gasteiger partial charge on any atom is 0.244 e. The Kier molecular flexibility index (Phi) is 7.42. The SMILES string of the molecule is CNC(=O)C(C)N(Cc1ccccc1F)C(=O)CN(c1ccc2c(c1)OCCO2)S(C)(=O)=O. The van der Waals surface area contributed by atoms with Gasteiger partial charge in [-0.05, 0) is 25.1 Å². The first-order valence-corrected chi connectivity index (χ1v) is 12.1. The van der Waals surface area contributed by atoms with E-state index in [0.717, 1.165) is 15.5 Å². The van der Waals surface area contributed by atoms with Crippen molar-refractivity contribution in [2.24, 2.45) is 0 Å². The van der Waals surface area contributed by atoms with E-state index in [4.69, 9.17) is 9.47 Å². The molecule has 0 radical (unpaired) electrons. The van der Waals surface area contributed by atoms with Crippen LogP contribution in [0.15, 0.2) is 42.5 Å². The Morgan fingerprint density at radius 3 is 2.42 bits per heavy atom. The number of ether oxygens (including phenoxy) is 2. The molecule has 178 valence electrons. The molecular weight excluding hydrogens is 453 g/mol. The van der Waals surface area contributed by atoms with E-state index in [9.17, 15) is 22.4 Å². The van der Waals surface area contributed by atoms with Gasteiger partial charge in [-0.2, -0.15) is 0 Å². The lowest BCUT2D eigenvalue weighted by Gasteiger charge is -2.31. The van der Waals surface area contributed by atoms with Crippen molar-refractivity contribution in [3.8, 4) is 11.5 Å². The third-order valence-electron chi connectivity index (χ3n) is 5.21. The van der Waals surface area contributed by atoms with Crippen molar-refractivity contribution in [1.82, 2.24) is 10.2 Å². The van der Waals surface area contributed by atoms with E-state index in [1.165, 1.54) is 44.3 Å². The Hall–Kier alpha value is -3.34. The van der Waals surface area contributed by atoms with E-state index < -0.39 is 40.2 Å². The van der Waals surface area contributed by atoms with Crippen molar-refractivity contribution in [3.05, 3.63) is 53.8 Å². The summed E-state index contributed by atoms with van der Waals surface area (Å²) in [7, 11) is -2.47. The molecule has 3 rings (SSSR count). The van der Waals surface area contributed by atoms with Gasteiger partial charge in [0, 0.05) is 25.2 Å². The number of fused-ring (bicyclic) bond motifs is 1. The zero-order valence-electron chi connectivity index (χ0n) is 18.6. The predicted molar refractivity (Wildman–Crippen MR) is 120 cm³/mol. The Morgan fingerprint density at radius 1 is 1.12 bits per heavy atom. The maximum absolute atomic E-state index is 14.3. The molecule has 1 aliphatic rings. The fraction of sp³-hybridized carbons (Fsp3) is 0.364. The van der Waals surface area contributed by atoms with Gasteiger partial charge < -0.3 is 19.7 Å². The molecule has 1 atom stereocenters. The van der Waals surface area contributed by atoms with Gasteiger partial charge in [0.15, 0.2) is 11.5 Å². The second-order valence-electron chi connectivity index (χ2n) is 7.50. The van der Waals surface area contributed by atoms with Crippen molar-refractivity contribution < 1.29 is 31.9 Å². The summed E-state index contributed by atoms with van der Waals surface area (Å²) < 4.78 is 51.3. The zero-order valence-corrected chi connectivity index (χ0v) is 19.4. The molecule has 1 heterocycles. The molecule has 9 nitrogen and oxygen atoms in total. The van der Waals surface area contributed by atoms with E-state index >= 15 is 0 Å². The number of rotatable bonds is 8. The molecular formula is C22H26FN3O6S. The van der Waals surface area contributed by atoms with Gasteiger partial charge in [0.05, 0.1) is 11.9 Å². The van der Waals surface area contributed by atoms with Crippen LogP contribution in [0.25, 0.3) is 0 Å². The summed E-state index contributed by atoms with van der Waals surface area (Å²) in [6.45, 7) is 1.39. The summed E-state index contributed by atoms with van der Waals surface area (Å²) in [5.74, 6) is -0.841. The van der Waals surface area contributed by atoms with Crippen LogP contribution in [0.4, 0.5) is 10.1 Å². The fourth-order valence-electron chi connectivity index (χ4n) is 3.40. The van der Waals surface area contributed by atoms with Crippen LogP contribution in [-0.2, 0) is 26.2 Å². The zero-order chi connectivity index (χ0) is 24.2. The summed E-state index contributed by atoms with van der Waals surface area (Å²) >= 11 is 0. The highest BCUT2D eigenvalue weighted by atomic mass is 32.2. The lowest BCUT2D eigenvalue weighted by molar-refractivity contribution is -0.139. The highest BCUT2D eigenvalue weighted by molar-refractivity contribution is 7.92. The molecule has 0 aliphatic carbocycles. The number of halogens is 1. The van der Waals surface area contributed by atoms with Crippen molar-refractivity contribution >= 4 is 27.5 Å². The second kappa shape index (κ2) is 10.1. The molecule has 0 aromatic heterocycles. The fourth-order valence-corrected chi connectivity index (χ4v) is 4.24. The summed E-state index contributed by atoms with van der Waals surface area (Å²) in [4.78, 5) is 26.7. The van der Waals surface area contributed by atoms with Crippen LogP contribution in [-0.4, -0.2) is 64.2 Å². The van der Waals surface area contributed by atoms with Crippen molar-refractivity contribution in [3.63, 3.8) is 0 Å². The quantitative estimate of drug-likeness (QED) is 0.616. The third-order valence-corrected chi connectivity index (χ3v) is 6.35. The number of anilines is 1. The van der Waals surface area contributed by atoms with Crippen molar-refractivity contribution in [2.75, 3.05) is 37.4 Å². The van der Waals surface area contributed by atoms with E-state index in [2.05, 4.69) is 5.32 Å². The van der Waals surface area contributed by atoms with E-state index in [1.807, 2.05) is 0 Å². The van der Waals surface area contributed by atoms with Crippen LogP contribution < -0.4 is 19.1 Å². The summed E-state index contributed by atoms with van der Waals surface area (Å²) in [6, 6.07) is 9.46. The standard InChI is InChI=1S/C22H26FN3O6S/c1-15(22(28)24-2)25(13-16-6-4-5-7-18(16)23)21(27)14-26(33(3,29)30)17-8-9-19-20(12-17)32-11-10-31-19/h4-9,12,15H,10-11,13-14H2,1-3H3,(H,24,28). The summed E-state index contributed by atoms with van der Waals surface area (Å²) in [6.07, 6.45) is 0.973. The second-order valence-corrected chi connectivity index (χ2v) is 9.41. The summed E-state index contributed by atoms with van der Waals surface area (Å²) in [5.41, 5.74) is 0.403. The number of benzene rings is 2. The van der Waals surface area contributed by atoms with Gasteiger partial charge in [-0.15, -0.1) is 0 Å². The molecule has 0 fully saturated rings. The molecule has 1 unspecified atom stereocenters. The van der Waals surface area contributed by atoms with Gasteiger partial charge in [0.25, 0.3) is 0 Å². The average Bonchev–Trinajstić information content (AvgIpc) is 2.79. The Labute approximate surface area is 192 Å². The average molecular weight is 480 g/mol. The third kappa shape index (κ3) is 5.72. The lowest BCUT2D eigenvalue weighted by Crippen LogP contribution is -2.50. The maximum atomic E-state index is 14.3. The predicted octanol–water partition coefficient (Wildman–Crippen LogP) is 1.53.